The quantitative estimate of drug-likeness (QED) is 0.525. The molecule has 0 fully saturated rings. The predicted octanol–water partition coefficient (Wildman–Crippen LogP) is 4.53. The Kier molecular flexibility index (Phi) is 3.67. The molecule has 0 saturated heterocycles. The number of hydrogen-bond acceptors (Lipinski definition) is 2. The zero-order chi connectivity index (χ0) is 14.8. The molecule has 0 radical (unpaired) electrons. The van der Waals surface area contributed by atoms with Gasteiger partial charge in [-0.15, -0.1) is 0 Å². The number of carbonyl (C=O) groups is 1. The Morgan fingerprint density at radius 2 is 1.90 bits per heavy atom. The standard InChI is InChI=1S/C17H14ClNO2/c1-2-19-10-9-13-11-15(7-8-16(13)19)21-17(20)12-3-5-14(18)6-4-12/h3-11H,2H2,1H3. The van der Waals surface area contributed by atoms with Crippen LogP contribution in [0.5, 0.6) is 5.75 Å². The minimum atomic E-state index is -0.388. The van der Waals surface area contributed by atoms with Gasteiger partial charge < -0.3 is 9.30 Å². The molecule has 0 bridgehead atoms. The van der Waals surface area contributed by atoms with Crippen molar-refractivity contribution in [1.29, 1.82) is 0 Å². The van der Waals surface area contributed by atoms with Crippen LogP contribution in [0.1, 0.15) is 17.3 Å². The number of nitrogens with zero attached hydrogens (tertiary/aromatic N) is 1. The third-order valence-electron chi connectivity index (χ3n) is 3.37. The number of fused-ring (bicyclic) bond motifs is 1. The second-order valence-corrected chi connectivity index (χ2v) is 5.16. The third-order valence-corrected chi connectivity index (χ3v) is 3.63. The number of ether oxygens (including phenoxy) is 1. The van der Waals surface area contributed by atoms with Gasteiger partial charge in [0.1, 0.15) is 5.75 Å². The first-order valence-electron chi connectivity index (χ1n) is 6.74. The highest BCUT2D eigenvalue weighted by Gasteiger charge is 2.09. The number of halogens is 1. The van der Waals surface area contributed by atoms with E-state index in [0.717, 1.165) is 17.4 Å². The summed E-state index contributed by atoms with van der Waals surface area (Å²) in [6.07, 6.45) is 2.02. The maximum Gasteiger partial charge on any atom is 0.343 e. The van der Waals surface area contributed by atoms with Gasteiger partial charge in [-0.05, 0) is 55.5 Å². The van der Waals surface area contributed by atoms with E-state index in [1.54, 1.807) is 24.3 Å². The van der Waals surface area contributed by atoms with Crippen LogP contribution in [0.4, 0.5) is 0 Å². The molecule has 0 N–H and O–H groups in total. The number of esters is 1. The SMILES string of the molecule is CCn1ccc2cc(OC(=O)c3ccc(Cl)cc3)ccc21. The van der Waals surface area contributed by atoms with Crippen molar-refractivity contribution in [2.24, 2.45) is 0 Å². The number of hydrogen-bond donors (Lipinski definition) is 0. The molecule has 3 nitrogen and oxygen atoms in total. The van der Waals surface area contributed by atoms with Crippen LogP contribution < -0.4 is 4.74 Å². The Balaban J connectivity index is 1.84. The molecule has 0 unspecified atom stereocenters. The first-order chi connectivity index (χ1) is 10.2. The molecule has 2 aromatic carbocycles. The van der Waals surface area contributed by atoms with Crippen LogP contribution in [0.15, 0.2) is 54.7 Å². The normalized spacial score (nSPS) is 10.8. The van der Waals surface area contributed by atoms with Crippen molar-refractivity contribution in [3.05, 3.63) is 65.3 Å². The Morgan fingerprint density at radius 3 is 2.62 bits per heavy atom. The molecule has 3 rings (SSSR count). The summed E-state index contributed by atoms with van der Waals surface area (Å²) >= 11 is 5.80. The minimum Gasteiger partial charge on any atom is -0.423 e. The minimum absolute atomic E-state index is 0.388. The highest BCUT2D eigenvalue weighted by molar-refractivity contribution is 6.30. The van der Waals surface area contributed by atoms with Crippen molar-refractivity contribution in [2.45, 2.75) is 13.5 Å². The average molecular weight is 300 g/mol. The second-order valence-electron chi connectivity index (χ2n) is 4.72. The molecule has 0 atom stereocenters. The highest BCUT2D eigenvalue weighted by atomic mass is 35.5. The van der Waals surface area contributed by atoms with Gasteiger partial charge in [-0.25, -0.2) is 4.79 Å². The monoisotopic (exact) mass is 299 g/mol. The molecule has 1 heterocycles. The molecular weight excluding hydrogens is 286 g/mol. The fourth-order valence-corrected chi connectivity index (χ4v) is 2.40. The lowest BCUT2D eigenvalue weighted by Gasteiger charge is -2.06. The van der Waals surface area contributed by atoms with E-state index < -0.39 is 0 Å². The van der Waals surface area contributed by atoms with Crippen molar-refractivity contribution in [3.8, 4) is 5.75 Å². The second kappa shape index (κ2) is 5.62. The lowest BCUT2D eigenvalue weighted by atomic mass is 10.2. The number of aromatic nitrogens is 1. The fourth-order valence-electron chi connectivity index (χ4n) is 2.27. The van der Waals surface area contributed by atoms with Crippen LogP contribution >= 0.6 is 11.6 Å². The Hall–Kier alpha value is -2.26. The van der Waals surface area contributed by atoms with Crippen molar-refractivity contribution in [1.82, 2.24) is 4.57 Å². The zero-order valence-corrected chi connectivity index (χ0v) is 12.3. The molecule has 21 heavy (non-hydrogen) atoms. The molecule has 0 aliphatic carbocycles. The number of aryl methyl sites for hydroxylation is 1. The molecule has 0 saturated carbocycles. The van der Waals surface area contributed by atoms with Gasteiger partial charge in [-0.1, -0.05) is 11.6 Å². The summed E-state index contributed by atoms with van der Waals surface area (Å²) < 4.78 is 7.54. The maximum absolute atomic E-state index is 12.1. The highest BCUT2D eigenvalue weighted by Crippen LogP contribution is 2.23. The zero-order valence-electron chi connectivity index (χ0n) is 11.5. The third kappa shape index (κ3) is 2.78. The van der Waals surface area contributed by atoms with Crippen LogP contribution in [-0.2, 0) is 6.54 Å². The van der Waals surface area contributed by atoms with Crippen LogP contribution in [-0.4, -0.2) is 10.5 Å². The average Bonchev–Trinajstić information content (AvgIpc) is 2.90. The summed E-state index contributed by atoms with van der Waals surface area (Å²) in [6, 6.07) is 14.3. The van der Waals surface area contributed by atoms with Crippen molar-refractivity contribution < 1.29 is 9.53 Å². The largest absolute Gasteiger partial charge is 0.423 e. The van der Waals surface area contributed by atoms with Crippen LogP contribution in [0.3, 0.4) is 0 Å². The predicted molar refractivity (Wildman–Crippen MR) is 84.0 cm³/mol. The van der Waals surface area contributed by atoms with Gasteiger partial charge in [0.05, 0.1) is 5.56 Å². The Morgan fingerprint density at radius 1 is 1.14 bits per heavy atom. The van der Waals surface area contributed by atoms with E-state index in [1.807, 2.05) is 30.5 Å². The van der Waals surface area contributed by atoms with E-state index in [-0.39, 0.29) is 5.97 Å². The van der Waals surface area contributed by atoms with Crippen molar-refractivity contribution in [3.63, 3.8) is 0 Å². The van der Waals surface area contributed by atoms with Crippen LogP contribution in [0.2, 0.25) is 5.02 Å². The van der Waals surface area contributed by atoms with Gasteiger partial charge >= 0.3 is 5.97 Å². The summed E-state index contributed by atoms with van der Waals surface area (Å²) in [4.78, 5) is 12.1. The van der Waals surface area contributed by atoms with Gasteiger partial charge in [-0.2, -0.15) is 0 Å². The van der Waals surface area contributed by atoms with Crippen molar-refractivity contribution >= 4 is 28.5 Å². The van der Waals surface area contributed by atoms with E-state index in [9.17, 15) is 4.79 Å². The van der Waals surface area contributed by atoms with Gasteiger partial charge in [-0.3, -0.25) is 0 Å². The topological polar surface area (TPSA) is 31.2 Å². The first-order valence-corrected chi connectivity index (χ1v) is 7.12. The fraction of sp³-hybridized carbons (Fsp3) is 0.118. The molecule has 1 aromatic heterocycles. The summed E-state index contributed by atoms with van der Waals surface area (Å²) in [6.45, 7) is 3.00. The van der Waals surface area contributed by atoms with E-state index in [0.29, 0.717) is 16.3 Å². The van der Waals surface area contributed by atoms with Crippen molar-refractivity contribution in [2.75, 3.05) is 0 Å². The van der Waals surface area contributed by atoms with E-state index in [2.05, 4.69) is 11.5 Å². The molecule has 3 aromatic rings. The van der Waals surface area contributed by atoms with Crippen LogP contribution in [0, 0.1) is 0 Å². The molecule has 0 spiro atoms. The Labute approximate surface area is 127 Å². The molecule has 0 aliphatic heterocycles. The molecule has 4 heteroatoms. The summed E-state index contributed by atoms with van der Waals surface area (Å²) in [5, 5.41) is 1.65. The van der Waals surface area contributed by atoms with E-state index in [4.69, 9.17) is 16.3 Å². The van der Waals surface area contributed by atoms with Crippen LogP contribution in [0.25, 0.3) is 10.9 Å². The lowest BCUT2D eigenvalue weighted by molar-refractivity contribution is 0.0735. The summed E-state index contributed by atoms with van der Waals surface area (Å²) in [5.74, 6) is 0.150. The molecule has 0 amide bonds. The summed E-state index contributed by atoms with van der Waals surface area (Å²) in [5.41, 5.74) is 1.61. The summed E-state index contributed by atoms with van der Waals surface area (Å²) in [7, 11) is 0. The Bertz CT molecular complexity index is 790. The van der Waals surface area contributed by atoms with E-state index >= 15 is 0 Å². The van der Waals surface area contributed by atoms with Gasteiger partial charge in [0.25, 0.3) is 0 Å². The first kappa shape index (κ1) is 13.7. The molecular formula is C17H14ClNO2. The number of carbonyl (C=O) groups excluding carboxylic acids is 1. The number of rotatable bonds is 3. The van der Waals surface area contributed by atoms with Gasteiger partial charge in [0, 0.05) is 28.7 Å². The molecule has 0 aliphatic rings. The maximum atomic E-state index is 12.1. The van der Waals surface area contributed by atoms with E-state index in [1.165, 1.54) is 0 Å². The lowest BCUT2D eigenvalue weighted by Crippen LogP contribution is -2.08. The number of benzene rings is 2. The van der Waals surface area contributed by atoms with Gasteiger partial charge in [0.2, 0.25) is 0 Å². The van der Waals surface area contributed by atoms with Gasteiger partial charge in [0.15, 0.2) is 0 Å². The molecule has 106 valence electrons. The smallest absolute Gasteiger partial charge is 0.343 e.